The maximum absolute atomic E-state index is 13.1. The molecule has 0 aliphatic heterocycles. The van der Waals surface area contributed by atoms with Crippen molar-refractivity contribution in [3.8, 4) is 5.75 Å². The van der Waals surface area contributed by atoms with Crippen LogP contribution in [-0.2, 0) is 21.2 Å². The lowest BCUT2D eigenvalue weighted by Crippen LogP contribution is -2.11. The van der Waals surface area contributed by atoms with Crippen molar-refractivity contribution >= 4 is 27.2 Å². The molecule has 3 rings (SSSR count). The second-order valence-corrected chi connectivity index (χ2v) is 8.13. The normalized spacial score (nSPS) is 11.8. The highest BCUT2D eigenvalue weighted by atomic mass is 32.2. The smallest absolute Gasteiger partial charge is 0.268 e. The number of aryl methyl sites for hydroxylation is 1. The highest BCUT2D eigenvalue weighted by Gasteiger charge is 2.21. The van der Waals surface area contributed by atoms with Crippen molar-refractivity contribution in [2.24, 2.45) is 0 Å². The molecule has 0 bridgehead atoms. The maximum Gasteiger partial charge on any atom is 0.268 e. The van der Waals surface area contributed by atoms with Crippen LogP contribution >= 0.6 is 0 Å². The Balaban J connectivity index is 2.18. The summed E-state index contributed by atoms with van der Waals surface area (Å²) in [6.45, 7) is 3.87. The van der Waals surface area contributed by atoms with Crippen LogP contribution in [0.3, 0.4) is 0 Å². The van der Waals surface area contributed by atoms with Gasteiger partial charge in [0, 0.05) is 18.0 Å². The molecule has 0 saturated carbocycles. The van der Waals surface area contributed by atoms with Gasteiger partial charge in [-0.05, 0) is 56.2 Å². The molecule has 0 spiro atoms. The Morgan fingerprint density at radius 3 is 2.50 bits per heavy atom. The van der Waals surface area contributed by atoms with Crippen molar-refractivity contribution in [1.29, 1.82) is 0 Å². The van der Waals surface area contributed by atoms with E-state index in [2.05, 4.69) is 0 Å². The number of aldehydes is 1. The molecule has 0 saturated heterocycles. The molecule has 2 aromatic carbocycles. The third kappa shape index (κ3) is 3.51. The summed E-state index contributed by atoms with van der Waals surface area (Å²) in [5.74, 6) is 0.676. The summed E-state index contributed by atoms with van der Waals surface area (Å²) < 4.78 is 33.1. The Morgan fingerprint density at radius 1 is 1.12 bits per heavy atom. The van der Waals surface area contributed by atoms with Crippen LogP contribution in [-0.4, -0.2) is 24.8 Å². The van der Waals surface area contributed by atoms with Gasteiger partial charge in [0.1, 0.15) is 12.0 Å². The summed E-state index contributed by atoms with van der Waals surface area (Å²) in [7, 11) is -3.72. The van der Waals surface area contributed by atoms with E-state index < -0.39 is 10.0 Å². The fraction of sp³-hybridized carbons (Fsp3) is 0.250. The van der Waals surface area contributed by atoms with Crippen LogP contribution in [0.4, 0.5) is 0 Å². The van der Waals surface area contributed by atoms with E-state index in [9.17, 15) is 13.2 Å². The number of carbonyl (C=O) groups is 1. The van der Waals surface area contributed by atoms with E-state index in [-0.39, 0.29) is 11.0 Å². The second-order valence-electron chi connectivity index (χ2n) is 6.32. The minimum atomic E-state index is -3.72. The fourth-order valence-corrected chi connectivity index (χ4v) is 4.32. The Bertz CT molecular complexity index is 1020. The molecule has 5 nitrogen and oxygen atoms in total. The minimum absolute atomic E-state index is 0.0148. The molecule has 0 unspecified atom stereocenters. The molecule has 0 amide bonds. The molecule has 0 radical (unpaired) electrons. The molecule has 0 aliphatic carbocycles. The van der Waals surface area contributed by atoms with Gasteiger partial charge in [-0.15, -0.1) is 0 Å². The van der Waals surface area contributed by atoms with Crippen molar-refractivity contribution < 1.29 is 17.9 Å². The van der Waals surface area contributed by atoms with Gasteiger partial charge in [-0.25, -0.2) is 12.4 Å². The molecular weight excluding hydrogens is 350 g/mol. The number of aromatic nitrogens is 1. The lowest BCUT2D eigenvalue weighted by molar-refractivity contribution is -0.107. The van der Waals surface area contributed by atoms with Crippen molar-refractivity contribution in [3.63, 3.8) is 0 Å². The standard InChI is InChI=1S/C20H21NO4S/c1-15(2)25-17-10-11-20-19(13-17)16(7-6-12-22)14-21(20)26(23,24)18-8-4-3-5-9-18/h3-5,8-15H,6-7H2,1-2H3. The first-order valence-corrected chi connectivity index (χ1v) is 9.92. The molecule has 0 N–H and O–H groups in total. The first-order chi connectivity index (χ1) is 12.4. The highest BCUT2D eigenvalue weighted by molar-refractivity contribution is 7.90. The summed E-state index contributed by atoms with van der Waals surface area (Å²) in [6.07, 6.45) is 3.27. The number of carbonyl (C=O) groups excluding carboxylic acids is 1. The van der Waals surface area contributed by atoms with E-state index in [1.807, 2.05) is 19.9 Å². The largest absolute Gasteiger partial charge is 0.491 e. The molecule has 6 heteroatoms. The SMILES string of the molecule is CC(C)Oc1ccc2c(c1)c(CCC=O)cn2S(=O)(=O)c1ccccc1. The van der Waals surface area contributed by atoms with Crippen LogP contribution in [0.15, 0.2) is 59.6 Å². The quantitative estimate of drug-likeness (QED) is 0.593. The van der Waals surface area contributed by atoms with Gasteiger partial charge >= 0.3 is 0 Å². The summed E-state index contributed by atoms with van der Waals surface area (Å²) in [5, 5.41) is 0.782. The van der Waals surface area contributed by atoms with E-state index >= 15 is 0 Å². The average molecular weight is 371 g/mol. The van der Waals surface area contributed by atoms with Crippen molar-refractivity contribution in [2.75, 3.05) is 0 Å². The topological polar surface area (TPSA) is 65.4 Å². The molecule has 1 aromatic heterocycles. The number of benzene rings is 2. The molecule has 26 heavy (non-hydrogen) atoms. The van der Waals surface area contributed by atoms with Gasteiger partial charge < -0.3 is 9.53 Å². The van der Waals surface area contributed by atoms with Gasteiger partial charge in [-0.3, -0.25) is 0 Å². The first kappa shape index (κ1) is 18.2. The van der Waals surface area contributed by atoms with Gasteiger partial charge in [0.05, 0.1) is 16.5 Å². The van der Waals surface area contributed by atoms with Crippen molar-refractivity contribution in [3.05, 3.63) is 60.3 Å². The molecule has 3 aromatic rings. The first-order valence-electron chi connectivity index (χ1n) is 8.48. The van der Waals surface area contributed by atoms with Crippen LogP contribution in [0.1, 0.15) is 25.8 Å². The third-order valence-electron chi connectivity index (χ3n) is 4.03. The zero-order valence-corrected chi connectivity index (χ0v) is 15.6. The predicted octanol–water partition coefficient (Wildman–Crippen LogP) is 3.80. The van der Waals surface area contributed by atoms with Crippen LogP contribution in [0.2, 0.25) is 0 Å². The van der Waals surface area contributed by atoms with Gasteiger partial charge in [0.15, 0.2) is 0 Å². The summed E-state index contributed by atoms with van der Waals surface area (Å²) >= 11 is 0. The molecule has 0 atom stereocenters. The molecular formula is C20H21NO4S. The highest BCUT2D eigenvalue weighted by Crippen LogP contribution is 2.30. The predicted molar refractivity (Wildman–Crippen MR) is 101 cm³/mol. The summed E-state index contributed by atoms with van der Waals surface area (Å²) in [5.41, 5.74) is 1.38. The number of rotatable bonds is 7. The zero-order chi connectivity index (χ0) is 18.7. The van der Waals surface area contributed by atoms with Gasteiger partial charge in [0.25, 0.3) is 10.0 Å². The van der Waals surface area contributed by atoms with Gasteiger partial charge in [-0.1, -0.05) is 18.2 Å². The Kier molecular flexibility index (Phi) is 5.13. The van der Waals surface area contributed by atoms with Crippen molar-refractivity contribution in [1.82, 2.24) is 3.97 Å². The summed E-state index contributed by atoms with van der Waals surface area (Å²) in [4.78, 5) is 11.0. The van der Waals surface area contributed by atoms with Crippen LogP contribution in [0.5, 0.6) is 5.75 Å². The van der Waals surface area contributed by atoms with E-state index in [1.165, 1.54) is 3.97 Å². The van der Waals surface area contributed by atoms with Crippen LogP contribution in [0.25, 0.3) is 10.9 Å². The Morgan fingerprint density at radius 2 is 1.85 bits per heavy atom. The number of nitrogens with zero attached hydrogens (tertiary/aromatic N) is 1. The van der Waals surface area contributed by atoms with Crippen molar-refractivity contribution in [2.45, 2.75) is 37.7 Å². The average Bonchev–Trinajstić information content (AvgIpc) is 2.99. The Hall–Kier alpha value is -2.60. The van der Waals surface area contributed by atoms with E-state index in [0.29, 0.717) is 24.1 Å². The third-order valence-corrected chi connectivity index (χ3v) is 5.72. The number of fused-ring (bicyclic) bond motifs is 1. The lowest BCUT2D eigenvalue weighted by atomic mass is 10.1. The van der Waals surface area contributed by atoms with E-state index in [0.717, 1.165) is 17.2 Å². The lowest BCUT2D eigenvalue weighted by Gasteiger charge is -2.11. The van der Waals surface area contributed by atoms with Gasteiger partial charge in [0.2, 0.25) is 0 Å². The Labute approximate surface area is 153 Å². The molecule has 1 heterocycles. The van der Waals surface area contributed by atoms with E-state index in [1.54, 1.807) is 48.7 Å². The number of ether oxygens (including phenoxy) is 1. The number of hydrogen-bond donors (Lipinski definition) is 0. The molecule has 0 aliphatic rings. The van der Waals surface area contributed by atoms with Gasteiger partial charge in [-0.2, -0.15) is 0 Å². The van der Waals surface area contributed by atoms with Crippen LogP contribution < -0.4 is 4.74 Å². The number of hydrogen-bond acceptors (Lipinski definition) is 4. The van der Waals surface area contributed by atoms with Crippen LogP contribution in [0, 0.1) is 0 Å². The minimum Gasteiger partial charge on any atom is -0.491 e. The summed E-state index contributed by atoms with van der Waals surface area (Å²) in [6, 6.07) is 13.7. The second kappa shape index (κ2) is 7.33. The zero-order valence-electron chi connectivity index (χ0n) is 14.8. The maximum atomic E-state index is 13.1. The van der Waals surface area contributed by atoms with E-state index in [4.69, 9.17) is 4.74 Å². The molecule has 136 valence electrons. The monoisotopic (exact) mass is 371 g/mol. The molecule has 0 fully saturated rings. The fourth-order valence-electron chi connectivity index (χ4n) is 2.91.